The highest BCUT2D eigenvalue weighted by atomic mass is 19.1. The quantitative estimate of drug-likeness (QED) is 0.726. The van der Waals surface area contributed by atoms with Crippen LogP contribution in [0.5, 0.6) is 5.88 Å². The van der Waals surface area contributed by atoms with E-state index in [1.54, 1.807) is 31.6 Å². The second-order valence-corrected chi connectivity index (χ2v) is 7.15. The van der Waals surface area contributed by atoms with Gasteiger partial charge >= 0.3 is 0 Å². The Morgan fingerprint density at radius 1 is 1.19 bits per heavy atom. The fraction of sp³-hybridized carbons (Fsp3) is 0.364. The molecule has 0 spiro atoms. The number of ether oxygens (including phenoxy) is 1. The van der Waals surface area contributed by atoms with Crippen LogP contribution < -0.4 is 4.74 Å². The number of nitrogens with zero attached hydrogens (tertiary/aromatic N) is 3. The summed E-state index contributed by atoms with van der Waals surface area (Å²) < 4.78 is 19.2. The summed E-state index contributed by atoms with van der Waals surface area (Å²) in [5.74, 6) is 0.408. The number of aromatic nitrogens is 2. The highest BCUT2D eigenvalue weighted by molar-refractivity contribution is 5.80. The maximum absolute atomic E-state index is 13.8. The number of hydrogen-bond donors (Lipinski definition) is 0. The summed E-state index contributed by atoms with van der Waals surface area (Å²) in [5.41, 5.74) is 5.63. The lowest BCUT2D eigenvalue weighted by molar-refractivity contribution is 0.356. The van der Waals surface area contributed by atoms with Crippen LogP contribution in [0.2, 0.25) is 0 Å². The van der Waals surface area contributed by atoms with Gasteiger partial charge in [-0.1, -0.05) is 30.7 Å². The van der Waals surface area contributed by atoms with Gasteiger partial charge in [0.2, 0.25) is 5.88 Å². The second-order valence-electron chi connectivity index (χ2n) is 7.15. The lowest BCUT2D eigenvalue weighted by atomic mass is 9.90. The molecule has 1 unspecified atom stereocenters. The maximum Gasteiger partial charge on any atom is 0.235 e. The van der Waals surface area contributed by atoms with Crippen molar-refractivity contribution in [3.63, 3.8) is 0 Å². The number of benzene rings is 1. The van der Waals surface area contributed by atoms with E-state index in [1.165, 1.54) is 11.1 Å². The summed E-state index contributed by atoms with van der Waals surface area (Å²) in [4.78, 5) is 11.3. The molecule has 0 radical (unpaired) electrons. The Morgan fingerprint density at radius 2 is 1.96 bits per heavy atom. The van der Waals surface area contributed by atoms with Gasteiger partial charge in [0.15, 0.2) is 0 Å². The van der Waals surface area contributed by atoms with E-state index < -0.39 is 0 Å². The third-order valence-electron chi connectivity index (χ3n) is 5.49. The molecule has 0 saturated heterocycles. The van der Waals surface area contributed by atoms with Gasteiger partial charge in [-0.3, -0.25) is 9.88 Å². The largest absolute Gasteiger partial charge is 0.480 e. The summed E-state index contributed by atoms with van der Waals surface area (Å²) in [6.07, 6.45) is 9.53. The van der Waals surface area contributed by atoms with Crippen molar-refractivity contribution in [2.24, 2.45) is 0 Å². The SMILES string of the molecule is COc1nccnc1C(C)C1=C(CCN2CC=CC2)Cc2cc(F)ccc21. The number of methoxy groups -OCH3 is 1. The zero-order valence-corrected chi connectivity index (χ0v) is 15.8. The zero-order chi connectivity index (χ0) is 18.8. The summed E-state index contributed by atoms with van der Waals surface area (Å²) >= 11 is 0. The molecule has 1 aromatic heterocycles. The molecule has 0 N–H and O–H groups in total. The second kappa shape index (κ2) is 7.61. The van der Waals surface area contributed by atoms with Gasteiger partial charge < -0.3 is 4.74 Å². The van der Waals surface area contributed by atoms with E-state index in [-0.39, 0.29) is 11.7 Å². The summed E-state index contributed by atoms with van der Waals surface area (Å²) in [6, 6.07) is 5.12. The van der Waals surface area contributed by atoms with E-state index >= 15 is 0 Å². The molecule has 2 aliphatic rings. The molecule has 0 amide bonds. The van der Waals surface area contributed by atoms with Crippen LogP contribution in [-0.2, 0) is 6.42 Å². The number of halogens is 1. The molecule has 1 aliphatic carbocycles. The van der Waals surface area contributed by atoms with Gasteiger partial charge in [-0.05, 0) is 41.7 Å². The Balaban J connectivity index is 1.69. The van der Waals surface area contributed by atoms with Gasteiger partial charge in [-0.15, -0.1) is 0 Å². The van der Waals surface area contributed by atoms with Crippen LogP contribution in [0.1, 0.15) is 36.1 Å². The lowest BCUT2D eigenvalue weighted by Gasteiger charge is -2.20. The molecule has 1 aliphatic heterocycles. The molecule has 0 saturated carbocycles. The Bertz CT molecular complexity index is 898. The fourth-order valence-corrected chi connectivity index (χ4v) is 4.17. The minimum absolute atomic E-state index is 0.0343. The van der Waals surface area contributed by atoms with Crippen LogP contribution in [0.3, 0.4) is 0 Å². The van der Waals surface area contributed by atoms with Gasteiger partial charge in [0, 0.05) is 37.9 Å². The number of hydrogen-bond acceptors (Lipinski definition) is 4. The fourth-order valence-electron chi connectivity index (χ4n) is 4.17. The molecule has 27 heavy (non-hydrogen) atoms. The first-order valence-corrected chi connectivity index (χ1v) is 9.40. The first-order valence-electron chi connectivity index (χ1n) is 9.40. The smallest absolute Gasteiger partial charge is 0.235 e. The number of rotatable bonds is 6. The first-order chi connectivity index (χ1) is 13.2. The number of allylic oxidation sites excluding steroid dienone is 1. The van der Waals surface area contributed by atoms with Crippen LogP contribution in [-0.4, -0.2) is 41.6 Å². The van der Waals surface area contributed by atoms with Gasteiger partial charge in [-0.2, -0.15) is 0 Å². The molecular formula is C22H24FN3O. The molecule has 4 nitrogen and oxygen atoms in total. The van der Waals surface area contributed by atoms with Crippen LogP contribution in [0.15, 0.2) is 48.3 Å². The van der Waals surface area contributed by atoms with Gasteiger partial charge in [0.1, 0.15) is 11.5 Å². The Morgan fingerprint density at radius 3 is 2.74 bits per heavy atom. The van der Waals surface area contributed by atoms with Crippen LogP contribution >= 0.6 is 0 Å². The molecule has 5 heteroatoms. The minimum atomic E-state index is -0.178. The highest BCUT2D eigenvalue weighted by Crippen LogP contribution is 2.44. The van der Waals surface area contributed by atoms with Gasteiger partial charge in [0.25, 0.3) is 0 Å². The van der Waals surface area contributed by atoms with Crippen molar-refractivity contribution >= 4 is 5.57 Å². The third kappa shape index (κ3) is 3.52. The molecule has 4 rings (SSSR count). The molecule has 0 fully saturated rings. The Kier molecular flexibility index (Phi) is 5.03. The minimum Gasteiger partial charge on any atom is -0.480 e. The standard InChI is InChI=1S/C22H24FN3O/c1-15(21-22(27-2)25-9-8-24-21)20-16(7-12-26-10-3-4-11-26)13-17-14-18(23)5-6-19(17)20/h3-6,8-9,14-15H,7,10-13H2,1-2H3. The Labute approximate surface area is 159 Å². The molecule has 140 valence electrons. The number of fused-ring (bicyclic) bond motifs is 1. The van der Waals surface area contributed by atoms with Crippen molar-refractivity contribution in [3.8, 4) is 5.88 Å². The molecule has 0 bridgehead atoms. The molecule has 2 aromatic rings. The van der Waals surface area contributed by atoms with Gasteiger partial charge in [0.05, 0.1) is 7.11 Å². The van der Waals surface area contributed by atoms with Crippen LogP contribution in [0, 0.1) is 5.82 Å². The van der Waals surface area contributed by atoms with Crippen LogP contribution in [0.4, 0.5) is 4.39 Å². The van der Waals surface area contributed by atoms with E-state index in [2.05, 4.69) is 33.9 Å². The van der Waals surface area contributed by atoms with Crippen molar-refractivity contribution in [2.75, 3.05) is 26.7 Å². The topological polar surface area (TPSA) is 38.3 Å². The predicted octanol–water partition coefficient (Wildman–Crippen LogP) is 4.00. The summed E-state index contributed by atoms with van der Waals surface area (Å²) in [7, 11) is 1.62. The monoisotopic (exact) mass is 365 g/mol. The predicted molar refractivity (Wildman–Crippen MR) is 104 cm³/mol. The van der Waals surface area contributed by atoms with E-state index in [0.717, 1.165) is 49.3 Å². The molecular weight excluding hydrogens is 341 g/mol. The normalized spacial score (nSPS) is 17.4. The van der Waals surface area contributed by atoms with E-state index in [1.807, 2.05) is 6.07 Å². The first kappa shape index (κ1) is 17.9. The van der Waals surface area contributed by atoms with E-state index in [4.69, 9.17) is 4.74 Å². The lowest BCUT2D eigenvalue weighted by Crippen LogP contribution is -2.21. The molecule has 2 heterocycles. The van der Waals surface area contributed by atoms with Crippen molar-refractivity contribution in [1.82, 2.24) is 14.9 Å². The summed E-state index contributed by atoms with van der Waals surface area (Å²) in [5, 5.41) is 0. The molecule has 1 aromatic carbocycles. The van der Waals surface area contributed by atoms with Crippen molar-refractivity contribution < 1.29 is 9.13 Å². The molecule has 1 atom stereocenters. The average molecular weight is 365 g/mol. The van der Waals surface area contributed by atoms with E-state index in [9.17, 15) is 4.39 Å². The van der Waals surface area contributed by atoms with Gasteiger partial charge in [-0.25, -0.2) is 9.37 Å². The van der Waals surface area contributed by atoms with Crippen molar-refractivity contribution in [3.05, 3.63) is 71.0 Å². The zero-order valence-electron chi connectivity index (χ0n) is 15.8. The van der Waals surface area contributed by atoms with Crippen molar-refractivity contribution in [1.29, 1.82) is 0 Å². The maximum atomic E-state index is 13.8. The average Bonchev–Trinajstić information content (AvgIpc) is 3.32. The van der Waals surface area contributed by atoms with Crippen LogP contribution in [0.25, 0.3) is 5.57 Å². The van der Waals surface area contributed by atoms with Crippen molar-refractivity contribution in [2.45, 2.75) is 25.7 Å². The summed E-state index contributed by atoms with van der Waals surface area (Å²) in [6.45, 7) is 5.17. The third-order valence-corrected chi connectivity index (χ3v) is 5.49. The Hall–Kier alpha value is -2.53. The highest BCUT2D eigenvalue weighted by Gasteiger charge is 2.29. The van der Waals surface area contributed by atoms with E-state index in [0.29, 0.717) is 5.88 Å².